The van der Waals surface area contributed by atoms with Crippen LogP contribution in [0, 0.1) is 5.82 Å². The summed E-state index contributed by atoms with van der Waals surface area (Å²) in [6.07, 6.45) is -0.0762. The molecule has 0 heterocycles. The third-order valence-electron chi connectivity index (χ3n) is 1.67. The predicted octanol–water partition coefficient (Wildman–Crippen LogP) is 3.77. The van der Waals surface area contributed by atoms with E-state index < -0.39 is 5.82 Å². The maximum Gasteiger partial charge on any atom is 0.208 e. The summed E-state index contributed by atoms with van der Waals surface area (Å²) >= 11 is 3.24. The molecule has 1 aromatic rings. The zero-order valence-electron chi connectivity index (χ0n) is 9.01. The molecule has 1 aromatic carbocycles. The summed E-state index contributed by atoms with van der Waals surface area (Å²) in [5, 5.41) is 0. The molecule has 0 fully saturated rings. The third-order valence-corrected chi connectivity index (χ3v) is 2.29. The number of hydrogen-bond acceptors (Lipinski definition) is 2. The quantitative estimate of drug-likeness (QED) is 0.834. The van der Waals surface area contributed by atoms with Crippen molar-refractivity contribution in [1.29, 1.82) is 0 Å². The maximum absolute atomic E-state index is 13.8. The van der Waals surface area contributed by atoms with Crippen LogP contribution in [-0.4, -0.2) is 12.7 Å². The predicted molar refractivity (Wildman–Crippen MR) is 61.0 cm³/mol. The summed E-state index contributed by atoms with van der Waals surface area (Å²) in [7, 11) is 0. The average molecular weight is 277 g/mol. The third kappa shape index (κ3) is 3.09. The fourth-order valence-corrected chi connectivity index (χ4v) is 1.52. The van der Waals surface area contributed by atoms with Crippen molar-refractivity contribution in [3.8, 4) is 11.5 Å². The largest absolute Gasteiger partial charge is 0.491 e. The Morgan fingerprint density at radius 1 is 1.40 bits per heavy atom. The van der Waals surface area contributed by atoms with E-state index in [0.29, 0.717) is 11.1 Å². The first-order valence-electron chi connectivity index (χ1n) is 4.83. The van der Waals surface area contributed by atoms with Gasteiger partial charge in [-0.15, -0.1) is 0 Å². The highest BCUT2D eigenvalue weighted by atomic mass is 79.9. The Kier molecular flexibility index (Phi) is 4.39. The van der Waals surface area contributed by atoms with E-state index in [4.69, 9.17) is 9.47 Å². The summed E-state index contributed by atoms with van der Waals surface area (Å²) in [5.41, 5.74) is 0. The van der Waals surface area contributed by atoms with E-state index in [9.17, 15) is 4.39 Å². The van der Waals surface area contributed by atoms with Gasteiger partial charge in [0.05, 0.1) is 17.2 Å². The molecule has 0 aromatic heterocycles. The van der Waals surface area contributed by atoms with Gasteiger partial charge in [0.2, 0.25) is 5.82 Å². The van der Waals surface area contributed by atoms with Crippen LogP contribution in [0.25, 0.3) is 0 Å². The number of ether oxygens (including phenoxy) is 2. The lowest BCUT2D eigenvalue weighted by molar-refractivity contribution is 0.223. The second kappa shape index (κ2) is 5.35. The Hall–Kier alpha value is -0.770. The molecular weight excluding hydrogens is 263 g/mol. The van der Waals surface area contributed by atoms with Crippen LogP contribution in [0.1, 0.15) is 20.8 Å². The molecule has 0 N–H and O–H groups in total. The topological polar surface area (TPSA) is 18.5 Å². The molecule has 0 aliphatic carbocycles. The molecule has 2 nitrogen and oxygen atoms in total. The zero-order valence-corrected chi connectivity index (χ0v) is 10.6. The lowest BCUT2D eigenvalue weighted by atomic mass is 10.3. The number of rotatable bonds is 4. The molecule has 0 aliphatic rings. The number of halogens is 2. The molecular formula is C11H14BrFO2. The maximum atomic E-state index is 13.8. The van der Waals surface area contributed by atoms with E-state index >= 15 is 0 Å². The van der Waals surface area contributed by atoms with Crippen LogP contribution in [-0.2, 0) is 0 Å². The highest BCUT2D eigenvalue weighted by Gasteiger charge is 2.15. The molecule has 0 bridgehead atoms. The first kappa shape index (κ1) is 12.3. The minimum atomic E-state index is -0.458. The first-order valence-corrected chi connectivity index (χ1v) is 5.63. The van der Waals surface area contributed by atoms with Crippen molar-refractivity contribution in [2.45, 2.75) is 26.9 Å². The van der Waals surface area contributed by atoms with Crippen molar-refractivity contribution in [1.82, 2.24) is 0 Å². The van der Waals surface area contributed by atoms with Crippen molar-refractivity contribution in [2.24, 2.45) is 0 Å². The van der Waals surface area contributed by atoms with E-state index in [1.165, 1.54) is 0 Å². The second-order valence-corrected chi connectivity index (χ2v) is 4.14. The monoisotopic (exact) mass is 276 g/mol. The van der Waals surface area contributed by atoms with E-state index in [-0.39, 0.29) is 17.6 Å². The molecule has 4 heteroatoms. The van der Waals surface area contributed by atoms with Crippen molar-refractivity contribution < 1.29 is 13.9 Å². The van der Waals surface area contributed by atoms with Gasteiger partial charge in [0.15, 0.2) is 11.5 Å². The molecule has 0 saturated heterocycles. The van der Waals surface area contributed by atoms with Crippen LogP contribution in [0.5, 0.6) is 11.5 Å². The SMILES string of the molecule is CCOc1ccc(Br)c(OC(C)C)c1F. The Bertz CT molecular complexity index is 340. The van der Waals surface area contributed by atoms with Gasteiger partial charge in [-0.2, -0.15) is 4.39 Å². The van der Waals surface area contributed by atoms with Gasteiger partial charge < -0.3 is 9.47 Å². The van der Waals surface area contributed by atoms with Crippen LogP contribution in [0.15, 0.2) is 16.6 Å². The van der Waals surface area contributed by atoms with Gasteiger partial charge >= 0.3 is 0 Å². The van der Waals surface area contributed by atoms with Gasteiger partial charge in [0.25, 0.3) is 0 Å². The van der Waals surface area contributed by atoms with E-state index in [1.54, 1.807) is 12.1 Å². The summed E-state index contributed by atoms with van der Waals surface area (Å²) < 4.78 is 24.9. The Balaban J connectivity index is 3.06. The molecule has 0 spiro atoms. The van der Waals surface area contributed by atoms with Gasteiger partial charge in [-0.3, -0.25) is 0 Å². The molecule has 0 atom stereocenters. The normalized spacial score (nSPS) is 10.5. The minimum Gasteiger partial charge on any atom is -0.491 e. The number of hydrogen-bond donors (Lipinski definition) is 0. The fraction of sp³-hybridized carbons (Fsp3) is 0.455. The summed E-state index contributed by atoms with van der Waals surface area (Å²) in [6.45, 7) is 5.93. The molecule has 0 radical (unpaired) electrons. The van der Waals surface area contributed by atoms with Crippen LogP contribution >= 0.6 is 15.9 Å². The van der Waals surface area contributed by atoms with E-state index in [2.05, 4.69) is 15.9 Å². The van der Waals surface area contributed by atoms with E-state index in [0.717, 1.165) is 0 Å². The highest BCUT2D eigenvalue weighted by Crippen LogP contribution is 2.34. The Labute approximate surface area is 97.5 Å². The summed E-state index contributed by atoms with van der Waals surface area (Å²) in [4.78, 5) is 0. The molecule has 0 amide bonds. The average Bonchev–Trinajstić information content (AvgIpc) is 2.17. The molecule has 1 rings (SSSR count). The molecule has 15 heavy (non-hydrogen) atoms. The standard InChI is InChI=1S/C11H14BrFO2/c1-4-14-9-6-5-8(12)11(10(9)13)15-7(2)3/h5-7H,4H2,1-3H3. The lowest BCUT2D eigenvalue weighted by Gasteiger charge is -2.14. The summed E-state index contributed by atoms with van der Waals surface area (Å²) in [5.74, 6) is -0.0350. The highest BCUT2D eigenvalue weighted by molar-refractivity contribution is 9.10. The minimum absolute atomic E-state index is 0.0762. The lowest BCUT2D eigenvalue weighted by Crippen LogP contribution is -2.08. The van der Waals surface area contributed by atoms with Crippen molar-refractivity contribution >= 4 is 15.9 Å². The van der Waals surface area contributed by atoms with Gasteiger partial charge in [-0.25, -0.2) is 0 Å². The Morgan fingerprint density at radius 2 is 2.07 bits per heavy atom. The molecule has 0 aliphatic heterocycles. The first-order chi connectivity index (χ1) is 7.06. The van der Waals surface area contributed by atoms with Gasteiger partial charge in [-0.05, 0) is 48.8 Å². The van der Waals surface area contributed by atoms with Crippen LogP contribution in [0.3, 0.4) is 0 Å². The van der Waals surface area contributed by atoms with Gasteiger partial charge in [-0.1, -0.05) is 0 Å². The van der Waals surface area contributed by atoms with E-state index in [1.807, 2.05) is 20.8 Å². The molecule has 0 unspecified atom stereocenters. The van der Waals surface area contributed by atoms with Gasteiger partial charge in [0.1, 0.15) is 0 Å². The smallest absolute Gasteiger partial charge is 0.208 e. The summed E-state index contributed by atoms with van der Waals surface area (Å²) in [6, 6.07) is 3.29. The molecule has 0 saturated carbocycles. The van der Waals surface area contributed by atoms with Crippen molar-refractivity contribution in [3.63, 3.8) is 0 Å². The fourth-order valence-electron chi connectivity index (χ4n) is 1.13. The number of benzene rings is 1. The van der Waals surface area contributed by atoms with Crippen molar-refractivity contribution in [3.05, 3.63) is 22.4 Å². The van der Waals surface area contributed by atoms with Crippen LogP contribution in [0.4, 0.5) is 4.39 Å². The Morgan fingerprint density at radius 3 is 2.60 bits per heavy atom. The van der Waals surface area contributed by atoms with Gasteiger partial charge in [0, 0.05) is 0 Å². The molecule has 84 valence electrons. The van der Waals surface area contributed by atoms with Crippen LogP contribution < -0.4 is 9.47 Å². The van der Waals surface area contributed by atoms with Crippen molar-refractivity contribution in [2.75, 3.05) is 6.61 Å². The van der Waals surface area contributed by atoms with Crippen LogP contribution in [0.2, 0.25) is 0 Å². The zero-order chi connectivity index (χ0) is 11.4. The second-order valence-electron chi connectivity index (χ2n) is 3.29.